The summed E-state index contributed by atoms with van der Waals surface area (Å²) in [6, 6.07) is 6.26. The maximum atomic E-state index is 6.08. The predicted molar refractivity (Wildman–Crippen MR) is 70.8 cm³/mol. The van der Waals surface area contributed by atoms with Crippen LogP contribution in [-0.2, 0) is 0 Å². The Morgan fingerprint density at radius 3 is 3.00 bits per heavy atom. The molecule has 0 aliphatic carbocycles. The van der Waals surface area contributed by atoms with Gasteiger partial charge in [-0.15, -0.1) is 0 Å². The van der Waals surface area contributed by atoms with E-state index in [0.717, 1.165) is 32.0 Å². The summed E-state index contributed by atoms with van der Waals surface area (Å²) in [7, 11) is 0. The Hall–Kier alpha value is -0.930. The van der Waals surface area contributed by atoms with Gasteiger partial charge in [0.1, 0.15) is 0 Å². The standard InChI is InChI=1S/C12H13Cl2N3/c13-9-2-1-8(7-10(9)14)11-3-4-15-12-16-5-6-17(11)12/h1-2,7,11H,3-6H2,(H,15,16). The number of hydrogen-bond donors (Lipinski definition) is 1. The summed E-state index contributed by atoms with van der Waals surface area (Å²) in [5.74, 6) is 1.02. The number of halogens is 2. The molecule has 1 aromatic carbocycles. The Kier molecular flexibility index (Phi) is 2.89. The molecule has 0 spiro atoms. The van der Waals surface area contributed by atoms with Crippen LogP contribution in [0.2, 0.25) is 10.0 Å². The molecule has 0 saturated carbocycles. The largest absolute Gasteiger partial charge is 0.356 e. The first-order valence-electron chi connectivity index (χ1n) is 5.75. The molecule has 1 fully saturated rings. The molecular weight excluding hydrogens is 257 g/mol. The first kappa shape index (κ1) is 11.2. The van der Waals surface area contributed by atoms with Gasteiger partial charge in [-0.25, -0.2) is 0 Å². The van der Waals surface area contributed by atoms with Crippen LogP contribution in [0.4, 0.5) is 0 Å². The summed E-state index contributed by atoms with van der Waals surface area (Å²) in [6.45, 7) is 2.81. The number of nitrogens with zero attached hydrogens (tertiary/aromatic N) is 2. The molecule has 1 N–H and O–H groups in total. The molecule has 5 heteroatoms. The second-order valence-corrected chi connectivity index (χ2v) is 5.12. The van der Waals surface area contributed by atoms with E-state index in [2.05, 4.69) is 21.3 Å². The van der Waals surface area contributed by atoms with Crippen molar-refractivity contribution >= 4 is 29.2 Å². The zero-order valence-corrected chi connectivity index (χ0v) is 10.8. The second kappa shape index (κ2) is 4.39. The Balaban J connectivity index is 1.92. The van der Waals surface area contributed by atoms with E-state index in [-0.39, 0.29) is 0 Å². The van der Waals surface area contributed by atoms with Crippen molar-refractivity contribution in [3.8, 4) is 0 Å². The van der Waals surface area contributed by atoms with Crippen LogP contribution >= 0.6 is 23.2 Å². The molecule has 0 aromatic heterocycles. The van der Waals surface area contributed by atoms with E-state index < -0.39 is 0 Å². The quantitative estimate of drug-likeness (QED) is 0.849. The molecule has 1 atom stereocenters. The molecule has 2 aliphatic heterocycles. The van der Waals surface area contributed by atoms with Gasteiger partial charge in [0.2, 0.25) is 0 Å². The topological polar surface area (TPSA) is 27.6 Å². The Morgan fingerprint density at radius 1 is 1.29 bits per heavy atom. The number of benzene rings is 1. The average Bonchev–Trinajstić information content (AvgIpc) is 2.80. The van der Waals surface area contributed by atoms with Crippen molar-refractivity contribution in [3.63, 3.8) is 0 Å². The van der Waals surface area contributed by atoms with E-state index in [0.29, 0.717) is 16.1 Å². The normalized spacial score (nSPS) is 23.1. The van der Waals surface area contributed by atoms with Crippen LogP contribution in [0.15, 0.2) is 23.2 Å². The Labute approximate surface area is 110 Å². The van der Waals surface area contributed by atoms with Crippen molar-refractivity contribution in [3.05, 3.63) is 33.8 Å². The number of rotatable bonds is 1. The van der Waals surface area contributed by atoms with Crippen LogP contribution in [0.5, 0.6) is 0 Å². The van der Waals surface area contributed by atoms with Crippen LogP contribution in [-0.4, -0.2) is 30.5 Å². The lowest BCUT2D eigenvalue weighted by molar-refractivity contribution is 0.291. The molecule has 2 heterocycles. The van der Waals surface area contributed by atoms with Crippen LogP contribution in [0.1, 0.15) is 18.0 Å². The molecule has 3 rings (SSSR count). The van der Waals surface area contributed by atoms with Crippen molar-refractivity contribution < 1.29 is 0 Å². The third kappa shape index (κ3) is 1.98. The van der Waals surface area contributed by atoms with Gasteiger partial charge in [0.05, 0.1) is 22.6 Å². The summed E-state index contributed by atoms with van der Waals surface area (Å²) >= 11 is 12.0. The summed E-state index contributed by atoms with van der Waals surface area (Å²) < 4.78 is 0. The smallest absolute Gasteiger partial charge is 0.194 e. The minimum atomic E-state index is 0.368. The highest BCUT2D eigenvalue weighted by atomic mass is 35.5. The third-order valence-corrected chi connectivity index (χ3v) is 4.02. The lowest BCUT2D eigenvalue weighted by Gasteiger charge is -2.35. The fourth-order valence-electron chi connectivity index (χ4n) is 2.46. The Bertz CT molecular complexity index is 473. The average molecular weight is 270 g/mol. The second-order valence-electron chi connectivity index (χ2n) is 4.30. The number of fused-ring (bicyclic) bond motifs is 1. The minimum Gasteiger partial charge on any atom is -0.356 e. The zero-order chi connectivity index (χ0) is 11.8. The highest BCUT2D eigenvalue weighted by molar-refractivity contribution is 6.42. The molecule has 3 nitrogen and oxygen atoms in total. The molecule has 0 radical (unpaired) electrons. The third-order valence-electron chi connectivity index (χ3n) is 3.28. The molecule has 2 aliphatic rings. The fourth-order valence-corrected chi connectivity index (χ4v) is 2.77. The highest BCUT2D eigenvalue weighted by Crippen LogP contribution is 2.32. The van der Waals surface area contributed by atoms with Gasteiger partial charge >= 0.3 is 0 Å². The van der Waals surface area contributed by atoms with E-state index in [1.807, 2.05) is 12.1 Å². The summed E-state index contributed by atoms with van der Waals surface area (Å²) in [6.07, 6.45) is 1.07. The van der Waals surface area contributed by atoms with Gasteiger partial charge in [-0.3, -0.25) is 4.99 Å². The highest BCUT2D eigenvalue weighted by Gasteiger charge is 2.30. The van der Waals surface area contributed by atoms with Gasteiger partial charge in [0.15, 0.2) is 5.96 Å². The monoisotopic (exact) mass is 269 g/mol. The number of nitrogens with one attached hydrogen (secondary N) is 1. The number of hydrogen-bond acceptors (Lipinski definition) is 3. The van der Waals surface area contributed by atoms with Gasteiger partial charge in [0, 0.05) is 13.1 Å². The maximum Gasteiger partial charge on any atom is 0.194 e. The number of guanidine groups is 1. The fraction of sp³-hybridized carbons (Fsp3) is 0.417. The van der Waals surface area contributed by atoms with Gasteiger partial charge in [-0.05, 0) is 24.1 Å². The van der Waals surface area contributed by atoms with Gasteiger partial charge in [-0.2, -0.15) is 0 Å². The van der Waals surface area contributed by atoms with Crippen LogP contribution in [0.3, 0.4) is 0 Å². The first-order valence-corrected chi connectivity index (χ1v) is 6.51. The van der Waals surface area contributed by atoms with E-state index in [1.54, 1.807) is 0 Å². The van der Waals surface area contributed by atoms with Crippen molar-refractivity contribution in [1.29, 1.82) is 0 Å². The van der Waals surface area contributed by atoms with Crippen molar-refractivity contribution in [2.24, 2.45) is 4.99 Å². The van der Waals surface area contributed by atoms with Gasteiger partial charge in [-0.1, -0.05) is 29.3 Å². The summed E-state index contributed by atoms with van der Waals surface area (Å²) in [4.78, 5) is 6.75. The molecule has 1 saturated heterocycles. The van der Waals surface area contributed by atoms with Gasteiger partial charge < -0.3 is 10.2 Å². The molecule has 1 unspecified atom stereocenters. The van der Waals surface area contributed by atoms with Crippen LogP contribution in [0.25, 0.3) is 0 Å². The van der Waals surface area contributed by atoms with Gasteiger partial charge in [0.25, 0.3) is 0 Å². The molecule has 90 valence electrons. The lowest BCUT2D eigenvalue weighted by atomic mass is 10.0. The molecule has 1 aromatic rings. The molecule has 0 bridgehead atoms. The molecule has 0 amide bonds. The summed E-state index contributed by atoms with van der Waals surface area (Å²) in [5.41, 5.74) is 1.22. The number of aliphatic imine (C=N–C) groups is 1. The van der Waals surface area contributed by atoms with E-state index in [1.165, 1.54) is 5.56 Å². The van der Waals surface area contributed by atoms with E-state index in [4.69, 9.17) is 23.2 Å². The van der Waals surface area contributed by atoms with E-state index in [9.17, 15) is 0 Å². The molecule has 17 heavy (non-hydrogen) atoms. The van der Waals surface area contributed by atoms with Crippen molar-refractivity contribution in [2.75, 3.05) is 19.6 Å². The van der Waals surface area contributed by atoms with Crippen LogP contribution in [0, 0.1) is 0 Å². The van der Waals surface area contributed by atoms with Crippen molar-refractivity contribution in [1.82, 2.24) is 10.2 Å². The molecular formula is C12H13Cl2N3. The Morgan fingerprint density at radius 2 is 2.18 bits per heavy atom. The minimum absolute atomic E-state index is 0.368. The maximum absolute atomic E-state index is 6.08. The first-order chi connectivity index (χ1) is 8.25. The lowest BCUT2D eigenvalue weighted by Crippen LogP contribution is -2.46. The summed E-state index contributed by atoms with van der Waals surface area (Å²) in [5, 5.41) is 4.56. The van der Waals surface area contributed by atoms with Crippen LogP contribution < -0.4 is 5.32 Å². The zero-order valence-electron chi connectivity index (χ0n) is 9.29. The predicted octanol–water partition coefficient (Wildman–Crippen LogP) is 2.70. The SMILES string of the molecule is Clc1ccc(C2CCNC3=NCCN32)cc1Cl. The van der Waals surface area contributed by atoms with E-state index >= 15 is 0 Å². The van der Waals surface area contributed by atoms with Crippen molar-refractivity contribution in [2.45, 2.75) is 12.5 Å².